The summed E-state index contributed by atoms with van der Waals surface area (Å²) in [7, 11) is 0. The lowest BCUT2D eigenvalue weighted by Gasteiger charge is -2.21. The lowest BCUT2D eigenvalue weighted by Crippen LogP contribution is -2.57. The fourth-order valence-corrected chi connectivity index (χ4v) is 2.15. The van der Waals surface area contributed by atoms with Crippen LogP contribution in [0.2, 0.25) is 0 Å². The van der Waals surface area contributed by atoms with Crippen LogP contribution < -0.4 is 17.1 Å². The van der Waals surface area contributed by atoms with E-state index in [1.165, 1.54) is 27.7 Å². The predicted octanol–water partition coefficient (Wildman–Crippen LogP) is -0.560. The Morgan fingerprint density at radius 1 is 0.893 bits per heavy atom. The van der Waals surface area contributed by atoms with Crippen molar-refractivity contribution in [2.75, 3.05) is 6.61 Å². The second-order valence-corrected chi connectivity index (χ2v) is 6.03. The van der Waals surface area contributed by atoms with Crippen LogP contribution in [-0.2, 0) is 25.6 Å². The molecule has 0 fully saturated rings. The molecule has 0 spiro atoms. The molecule has 1 rings (SSSR count). The second-order valence-electron chi connectivity index (χ2n) is 6.03. The van der Waals surface area contributed by atoms with E-state index in [-0.39, 0.29) is 11.1 Å². The van der Waals surface area contributed by atoms with Crippen LogP contribution in [-0.4, -0.2) is 37.4 Å². The summed E-state index contributed by atoms with van der Waals surface area (Å²) < 4.78 is 11.6. The van der Waals surface area contributed by atoms with Gasteiger partial charge in [-0.25, -0.2) is 37.7 Å². The van der Waals surface area contributed by atoms with E-state index in [9.17, 15) is 24.0 Å². The topological polar surface area (TPSA) is 139 Å². The molecule has 154 valence electrons. The van der Waals surface area contributed by atoms with Crippen LogP contribution in [0.3, 0.4) is 0 Å². The Hall–Kier alpha value is -3.21. The van der Waals surface area contributed by atoms with Gasteiger partial charge in [-0.1, -0.05) is 13.2 Å². The van der Waals surface area contributed by atoms with E-state index < -0.39 is 54.6 Å². The minimum atomic E-state index is -1.40. The van der Waals surface area contributed by atoms with Crippen LogP contribution in [0.1, 0.15) is 40.2 Å². The Kier molecular flexibility index (Phi) is 7.44. The van der Waals surface area contributed by atoms with E-state index in [4.69, 9.17) is 14.6 Å². The molecule has 0 saturated carbocycles. The molecular weight excluding hydrogens is 374 g/mol. The highest BCUT2D eigenvalue weighted by atomic mass is 16.6. The largest absolute Gasteiger partial charge is 0.438 e. The van der Waals surface area contributed by atoms with Crippen LogP contribution in [0, 0.1) is 0 Å². The zero-order valence-electron chi connectivity index (χ0n) is 16.1. The number of hydrogen-bond donors (Lipinski definition) is 1. The maximum Gasteiger partial charge on any atom is 0.342 e. The summed E-state index contributed by atoms with van der Waals surface area (Å²) in [5.41, 5.74) is -3.28. The number of carbonyl (C=O) groups excluding carboxylic acids is 2. The number of aliphatic hydroxyl groups is 1. The maximum absolute atomic E-state index is 12.8. The van der Waals surface area contributed by atoms with Crippen molar-refractivity contribution in [2.24, 2.45) is 0 Å². The Morgan fingerprint density at radius 2 is 1.25 bits per heavy atom. The SMILES string of the molecule is C=C(C)C(=O)OC(C)n1c(=O)n(CCO)c(=O)n(C(C)OC(=O)C(=C)C)c1=O. The average Bonchev–Trinajstić information content (AvgIpc) is 2.58. The lowest BCUT2D eigenvalue weighted by atomic mass is 10.4. The highest BCUT2D eigenvalue weighted by Gasteiger charge is 2.25. The van der Waals surface area contributed by atoms with Gasteiger partial charge in [-0.2, -0.15) is 0 Å². The summed E-state index contributed by atoms with van der Waals surface area (Å²) in [5.74, 6) is -1.71. The number of nitrogens with zero attached hydrogens (tertiary/aromatic N) is 3. The van der Waals surface area contributed by atoms with Gasteiger partial charge in [0.1, 0.15) is 0 Å². The number of aromatic nitrogens is 3. The first-order chi connectivity index (χ1) is 12.9. The van der Waals surface area contributed by atoms with Gasteiger partial charge >= 0.3 is 29.0 Å². The highest BCUT2D eigenvalue weighted by Crippen LogP contribution is 2.08. The number of hydrogen-bond acceptors (Lipinski definition) is 8. The first-order valence-corrected chi connectivity index (χ1v) is 8.25. The van der Waals surface area contributed by atoms with Gasteiger partial charge in [0.05, 0.1) is 13.2 Å². The molecule has 0 radical (unpaired) electrons. The van der Waals surface area contributed by atoms with Crippen molar-refractivity contribution in [3.05, 3.63) is 55.8 Å². The quantitative estimate of drug-likeness (QED) is 0.455. The lowest BCUT2D eigenvalue weighted by molar-refractivity contribution is -0.148. The van der Waals surface area contributed by atoms with Crippen LogP contribution in [0.5, 0.6) is 0 Å². The molecule has 1 aromatic rings. The molecule has 28 heavy (non-hydrogen) atoms. The fourth-order valence-electron chi connectivity index (χ4n) is 2.15. The molecule has 0 saturated heterocycles. The first-order valence-electron chi connectivity index (χ1n) is 8.25. The Morgan fingerprint density at radius 3 is 1.54 bits per heavy atom. The van der Waals surface area contributed by atoms with E-state index in [2.05, 4.69) is 13.2 Å². The molecule has 2 unspecified atom stereocenters. The molecule has 0 aliphatic carbocycles. The highest BCUT2D eigenvalue weighted by molar-refractivity contribution is 5.87. The van der Waals surface area contributed by atoms with E-state index in [1.54, 1.807) is 0 Å². The molecule has 11 nitrogen and oxygen atoms in total. The molecule has 0 aliphatic heterocycles. The van der Waals surface area contributed by atoms with Crippen molar-refractivity contribution in [1.29, 1.82) is 0 Å². The normalized spacial score (nSPS) is 12.8. The van der Waals surface area contributed by atoms with Gasteiger partial charge in [-0.05, 0) is 27.7 Å². The number of aliphatic hydroxyl groups excluding tert-OH is 1. The summed E-state index contributed by atoms with van der Waals surface area (Å²) in [6, 6.07) is 0. The third kappa shape index (κ3) is 4.74. The van der Waals surface area contributed by atoms with Crippen molar-refractivity contribution in [3.63, 3.8) is 0 Å². The summed E-state index contributed by atoms with van der Waals surface area (Å²) in [4.78, 5) is 61.4. The summed E-state index contributed by atoms with van der Waals surface area (Å²) in [5, 5.41) is 9.14. The summed E-state index contributed by atoms with van der Waals surface area (Å²) in [6.07, 6.45) is -2.80. The molecule has 1 aromatic heterocycles. The van der Waals surface area contributed by atoms with Gasteiger partial charge in [0.2, 0.25) is 0 Å². The second kappa shape index (κ2) is 9.13. The molecule has 0 aliphatic rings. The van der Waals surface area contributed by atoms with Crippen LogP contribution in [0.15, 0.2) is 38.7 Å². The van der Waals surface area contributed by atoms with E-state index in [0.29, 0.717) is 13.7 Å². The molecule has 1 heterocycles. The molecule has 1 N–H and O–H groups in total. The Bertz CT molecular complexity index is 909. The summed E-state index contributed by atoms with van der Waals surface area (Å²) >= 11 is 0. The van der Waals surface area contributed by atoms with E-state index >= 15 is 0 Å². The van der Waals surface area contributed by atoms with Crippen LogP contribution in [0.4, 0.5) is 0 Å². The van der Waals surface area contributed by atoms with Gasteiger partial charge in [0.25, 0.3) is 0 Å². The zero-order chi connectivity index (χ0) is 21.8. The molecule has 0 aromatic carbocycles. The number of ether oxygens (including phenoxy) is 2. The molecular formula is C17H23N3O8. The average molecular weight is 397 g/mol. The third-order valence-corrected chi connectivity index (χ3v) is 3.59. The smallest absolute Gasteiger partial charge is 0.342 e. The predicted molar refractivity (Wildman–Crippen MR) is 97.5 cm³/mol. The maximum atomic E-state index is 12.8. The van der Waals surface area contributed by atoms with Gasteiger partial charge in [-0.3, -0.25) is 0 Å². The number of esters is 2. The van der Waals surface area contributed by atoms with Gasteiger partial charge in [-0.15, -0.1) is 0 Å². The minimum absolute atomic E-state index is 0.0349. The zero-order valence-corrected chi connectivity index (χ0v) is 16.1. The van der Waals surface area contributed by atoms with Crippen molar-refractivity contribution in [2.45, 2.75) is 46.7 Å². The Labute approximate surface area is 159 Å². The van der Waals surface area contributed by atoms with Crippen LogP contribution >= 0.6 is 0 Å². The van der Waals surface area contributed by atoms with Gasteiger partial charge in [0.15, 0.2) is 12.5 Å². The standard InChI is InChI=1S/C17H23N3O8/c1-9(2)13(22)27-11(5)19-15(24)18(7-8-21)16(25)20(17(19)26)12(6)28-14(23)10(3)4/h11-12,21H,1,3,7-8H2,2,4-6H3. The van der Waals surface area contributed by atoms with Gasteiger partial charge < -0.3 is 14.6 Å². The van der Waals surface area contributed by atoms with Crippen molar-refractivity contribution in [1.82, 2.24) is 13.7 Å². The summed E-state index contributed by atoms with van der Waals surface area (Å²) in [6.45, 7) is 11.0. The first kappa shape index (κ1) is 22.8. The van der Waals surface area contributed by atoms with Crippen molar-refractivity contribution in [3.8, 4) is 0 Å². The Balaban J connectivity index is 3.65. The third-order valence-electron chi connectivity index (χ3n) is 3.59. The van der Waals surface area contributed by atoms with E-state index in [0.717, 1.165) is 0 Å². The van der Waals surface area contributed by atoms with Crippen LogP contribution in [0.25, 0.3) is 0 Å². The van der Waals surface area contributed by atoms with Crippen molar-refractivity contribution >= 4 is 11.9 Å². The molecule has 2 atom stereocenters. The molecule has 0 amide bonds. The number of carbonyl (C=O) groups is 2. The monoisotopic (exact) mass is 397 g/mol. The minimum Gasteiger partial charge on any atom is -0.438 e. The van der Waals surface area contributed by atoms with E-state index in [1.807, 2.05) is 0 Å². The van der Waals surface area contributed by atoms with Crippen molar-refractivity contribution < 1.29 is 24.2 Å². The molecule has 0 bridgehead atoms. The number of rotatable bonds is 8. The van der Waals surface area contributed by atoms with Gasteiger partial charge in [0, 0.05) is 11.1 Å². The molecule has 11 heteroatoms. The fraction of sp³-hybridized carbons (Fsp3) is 0.471.